The van der Waals surface area contributed by atoms with Crippen molar-refractivity contribution in [1.82, 2.24) is 9.97 Å². The summed E-state index contributed by atoms with van der Waals surface area (Å²) in [5.41, 5.74) is 0.951. The maximum absolute atomic E-state index is 10.3. The molecule has 0 bridgehead atoms. The Balaban J connectivity index is 0.000000815. The Kier molecular flexibility index (Phi) is 5.80. The number of aromatic nitrogens is 2. The first-order valence-electron chi connectivity index (χ1n) is 8.79. The van der Waals surface area contributed by atoms with E-state index >= 15 is 0 Å². The van der Waals surface area contributed by atoms with E-state index < -0.39 is 11.2 Å². The molecule has 2 saturated heterocycles. The van der Waals surface area contributed by atoms with Crippen LogP contribution in [-0.2, 0) is 22.3 Å². The summed E-state index contributed by atoms with van der Waals surface area (Å²) in [6, 6.07) is 0.334. The molecule has 0 aromatic carbocycles. The smallest absolute Gasteiger partial charge is 0.253 e. The largest absolute Gasteiger partial charge is 0.389 e. The van der Waals surface area contributed by atoms with E-state index in [1.54, 1.807) is 0 Å². The lowest BCUT2D eigenvalue weighted by Gasteiger charge is -2.36. The minimum atomic E-state index is -0.763. The molecule has 0 radical (unpaired) electrons. The van der Waals surface area contributed by atoms with Gasteiger partial charge in [-0.15, -0.1) is 0 Å². The van der Waals surface area contributed by atoms with Crippen LogP contribution >= 0.6 is 0 Å². The SMILES string of the molecule is CC.OC1CN(c2nc3c(c(NC4CCOCC4)n2)[S+](O)CC3)C1. The number of aryl methyl sites for hydroxylation is 1. The van der Waals surface area contributed by atoms with E-state index in [0.717, 1.165) is 54.6 Å². The fraction of sp³-hybridized carbons (Fsp3) is 0.750. The van der Waals surface area contributed by atoms with Crippen molar-refractivity contribution in [2.24, 2.45) is 0 Å². The Morgan fingerprint density at radius 3 is 2.58 bits per heavy atom. The molecule has 0 aliphatic carbocycles. The molecule has 3 aliphatic rings. The monoisotopic (exact) mass is 355 g/mol. The molecule has 4 heterocycles. The highest BCUT2D eigenvalue weighted by Crippen LogP contribution is 2.34. The number of β-amino-alcohol motifs (C(OH)–C–C–N with tert-alkyl or cyclic N) is 1. The Morgan fingerprint density at radius 1 is 1.21 bits per heavy atom. The lowest BCUT2D eigenvalue weighted by Crippen LogP contribution is -2.51. The third-order valence-corrected chi connectivity index (χ3v) is 5.89. The number of hydrogen-bond acceptors (Lipinski definition) is 7. The number of anilines is 2. The quantitative estimate of drug-likeness (QED) is 0.704. The van der Waals surface area contributed by atoms with Gasteiger partial charge in [-0.1, -0.05) is 13.8 Å². The number of aliphatic hydroxyl groups excluding tert-OH is 1. The lowest BCUT2D eigenvalue weighted by molar-refractivity contribution is 0.0903. The zero-order chi connectivity index (χ0) is 17.1. The summed E-state index contributed by atoms with van der Waals surface area (Å²) in [6.07, 6.45) is 2.42. The fourth-order valence-corrected chi connectivity index (χ4v) is 4.43. The van der Waals surface area contributed by atoms with Crippen LogP contribution in [0.1, 0.15) is 32.4 Å². The van der Waals surface area contributed by atoms with Crippen molar-refractivity contribution < 1.29 is 14.4 Å². The summed E-state index contributed by atoms with van der Waals surface area (Å²) >= 11 is -0.763. The summed E-state index contributed by atoms with van der Waals surface area (Å²) < 4.78 is 15.7. The molecule has 3 N–H and O–H groups in total. The van der Waals surface area contributed by atoms with Crippen LogP contribution < -0.4 is 10.2 Å². The molecular weight excluding hydrogens is 328 g/mol. The number of nitrogens with one attached hydrogen (secondary N) is 1. The van der Waals surface area contributed by atoms with E-state index in [1.165, 1.54) is 0 Å². The van der Waals surface area contributed by atoms with E-state index in [0.29, 0.717) is 25.1 Å². The Morgan fingerprint density at radius 2 is 1.92 bits per heavy atom. The van der Waals surface area contributed by atoms with Gasteiger partial charge in [-0.05, 0) is 12.8 Å². The van der Waals surface area contributed by atoms with Gasteiger partial charge in [0.2, 0.25) is 5.95 Å². The third kappa shape index (κ3) is 3.61. The zero-order valence-corrected chi connectivity index (χ0v) is 15.2. The normalized spacial score (nSPS) is 24.0. The molecule has 0 saturated carbocycles. The number of rotatable bonds is 3. The number of nitrogens with zero attached hydrogens (tertiary/aromatic N) is 3. The van der Waals surface area contributed by atoms with Gasteiger partial charge in [0.05, 0.1) is 6.10 Å². The highest BCUT2D eigenvalue weighted by molar-refractivity contribution is 7.92. The summed E-state index contributed by atoms with van der Waals surface area (Å²) in [5, 5.41) is 13.0. The van der Waals surface area contributed by atoms with Crippen LogP contribution in [0.25, 0.3) is 0 Å². The van der Waals surface area contributed by atoms with Crippen molar-refractivity contribution in [3.63, 3.8) is 0 Å². The number of ether oxygens (including phenoxy) is 1. The predicted molar refractivity (Wildman–Crippen MR) is 95.9 cm³/mol. The molecule has 0 spiro atoms. The molecule has 24 heavy (non-hydrogen) atoms. The van der Waals surface area contributed by atoms with Crippen molar-refractivity contribution in [1.29, 1.82) is 0 Å². The number of fused-ring (bicyclic) bond motifs is 1. The number of aliphatic hydroxyl groups is 1. The van der Waals surface area contributed by atoms with Crippen LogP contribution in [0.4, 0.5) is 11.8 Å². The van der Waals surface area contributed by atoms with Crippen LogP contribution in [0.2, 0.25) is 0 Å². The van der Waals surface area contributed by atoms with Crippen molar-refractivity contribution >= 4 is 22.9 Å². The minimum absolute atomic E-state index is 0.281. The van der Waals surface area contributed by atoms with Crippen LogP contribution in [0.3, 0.4) is 0 Å². The van der Waals surface area contributed by atoms with Crippen LogP contribution in [-0.4, -0.2) is 63.8 Å². The van der Waals surface area contributed by atoms with Gasteiger partial charge in [0, 0.05) is 38.8 Å². The van der Waals surface area contributed by atoms with Crippen LogP contribution in [0.5, 0.6) is 0 Å². The van der Waals surface area contributed by atoms with Gasteiger partial charge in [-0.3, -0.25) is 0 Å². The molecule has 7 nitrogen and oxygen atoms in total. The molecule has 1 aromatic rings. The highest BCUT2D eigenvalue weighted by Gasteiger charge is 2.39. The Bertz CT molecular complexity index is 562. The predicted octanol–water partition coefficient (Wildman–Crippen LogP) is 1.28. The molecule has 8 heteroatoms. The summed E-state index contributed by atoms with van der Waals surface area (Å²) in [6.45, 7) is 6.70. The second-order valence-electron chi connectivity index (χ2n) is 6.06. The first-order valence-corrected chi connectivity index (χ1v) is 10.1. The van der Waals surface area contributed by atoms with E-state index in [9.17, 15) is 9.66 Å². The minimum Gasteiger partial charge on any atom is -0.389 e. The lowest BCUT2D eigenvalue weighted by atomic mass is 10.1. The summed E-state index contributed by atoms with van der Waals surface area (Å²) in [7, 11) is 0. The zero-order valence-electron chi connectivity index (χ0n) is 14.4. The molecule has 1 unspecified atom stereocenters. The van der Waals surface area contributed by atoms with Gasteiger partial charge in [-0.2, -0.15) is 9.54 Å². The van der Waals surface area contributed by atoms with E-state index in [-0.39, 0.29) is 6.10 Å². The van der Waals surface area contributed by atoms with Crippen LogP contribution in [0.15, 0.2) is 4.90 Å². The summed E-state index contributed by atoms with van der Waals surface area (Å²) in [4.78, 5) is 12.1. The maximum atomic E-state index is 10.3. The Labute approximate surface area is 146 Å². The van der Waals surface area contributed by atoms with Gasteiger partial charge < -0.3 is 20.1 Å². The summed E-state index contributed by atoms with van der Waals surface area (Å²) in [5.74, 6) is 2.17. The second-order valence-corrected chi connectivity index (χ2v) is 7.60. The van der Waals surface area contributed by atoms with Crippen LogP contribution in [0, 0.1) is 0 Å². The second kappa shape index (κ2) is 7.86. The number of hydrogen-bond donors (Lipinski definition) is 3. The Hall–Kier alpha value is -1.09. The average molecular weight is 355 g/mol. The first kappa shape index (κ1) is 17.7. The molecule has 1 aromatic heterocycles. The molecule has 3 aliphatic heterocycles. The standard InChI is InChI=1S/C14H21N4O3S.C2H6/c19-10-7-18(8-10)14-16-11-3-6-22(20)12(11)13(17-14)15-9-1-4-21-5-2-9;1-2/h9-10,19-20H,1-8H2,(H,15,16,17);1-2H3/q+1;. The van der Waals surface area contributed by atoms with E-state index in [2.05, 4.69) is 15.3 Å². The fourth-order valence-electron chi connectivity index (χ4n) is 3.09. The van der Waals surface area contributed by atoms with E-state index in [1.807, 2.05) is 18.7 Å². The molecule has 0 amide bonds. The molecule has 134 valence electrons. The first-order chi connectivity index (χ1) is 11.7. The molecule has 4 rings (SSSR count). The van der Waals surface area contributed by atoms with Gasteiger partial charge in [0.1, 0.15) is 5.69 Å². The van der Waals surface area contributed by atoms with Gasteiger partial charge in [-0.25, -0.2) is 4.98 Å². The molecule has 1 atom stereocenters. The molecular formula is C16H27N4O3S+. The maximum Gasteiger partial charge on any atom is 0.253 e. The highest BCUT2D eigenvalue weighted by atomic mass is 32.2. The third-order valence-electron chi connectivity index (χ3n) is 4.40. The van der Waals surface area contributed by atoms with Gasteiger partial charge in [0.15, 0.2) is 22.7 Å². The average Bonchev–Trinajstić information content (AvgIpc) is 2.96. The van der Waals surface area contributed by atoms with Crippen molar-refractivity contribution in [3.05, 3.63) is 5.69 Å². The molecule has 2 fully saturated rings. The van der Waals surface area contributed by atoms with Crippen molar-refractivity contribution in [2.75, 3.05) is 42.3 Å². The van der Waals surface area contributed by atoms with Gasteiger partial charge in [0.25, 0.3) is 4.90 Å². The topological polar surface area (TPSA) is 90.7 Å². The van der Waals surface area contributed by atoms with E-state index in [4.69, 9.17) is 4.74 Å². The van der Waals surface area contributed by atoms with Crippen molar-refractivity contribution in [3.8, 4) is 0 Å². The van der Waals surface area contributed by atoms with Crippen molar-refractivity contribution in [2.45, 2.75) is 50.2 Å². The van der Waals surface area contributed by atoms with Gasteiger partial charge >= 0.3 is 0 Å².